The molecule has 1 aromatic carbocycles. The molecule has 5 nitrogen and oxygen atoms in total. The van der Waals surface area contributed by atoms with Crippen molar-refractivity contribution in [1.82, 2.24) is 4.98 Å². The van der Waals surface area contributed by atoms with Gasteiger partial charge in [-0.1, -0.05) is 29.8 Å². The minimum Gasteiger partial charge on any atom is -1.00 e. The number of aromatic nitrogens is 1. The highest BCUT2D eigenvalue weighted by atomic mass is 35.5. The summed E-state index contributed by atoms with van der Waals surface area (Å²) in [6.07, 6.45) is 0. The average Bonchev–Trinajstić information content (AvgIpc) is 2.63. The first kappa shape index (κ1) is 20.6. The Morgan fingerprint density at radius 3 is 2.62 bits per heavy atom. The molecule has 26 heavy (non-hydrogen) atoms. The number of aryl methyl sites for hydroxylation is 1. The number of nitrogens with zero attached hydrogens (tertiary/aromatic N) is 2. The molecule has 3 rings (SSSR count). The molecule has 1 aromatic heterocycles. The number of ether oxygens (including phenoxy) is 1. The standard InChI is InChI=1S/C19H22ClN3O2.ClH/c1-15-5-4-8-18(21-15)23(10-9-22-11-13-25-14-12-22)19(24)16-6-2-3-7-17(16)20;/h2-8H,9-14H2,1H3;1H. The molecule has 7 heteroatoms. The van der Waals surface area contributed by atoms with Crippen molar-refractivity contribution in [2.24, 2.45) is 0 Å². The Morgan fingerprint density at radius 2 is 1.92 bits per heavy atom. The average molecular weight is 396 g/mol. The highest BCUT2D eigenvalue weighted by molar-refractivity contribution is 6.34. The summed E-state index contributed by atoms with van der Waals surface area (Å²) in [7, 11) is 0. The third-order valence-electron chi connectivity index (χ3n) is 4.39. The van der Waals surface area contributed by atoms with Gasteiger partial charge in [-0.25, -0.2) is 4.98 Å². The van der Waals surface area contributed by atoms with Crippen molar-refractivity contribution >= 4 is 23.3 Å². The number of rotatable bonds is 5. The van der Waals surface area contributed by atoms with E-state index in [4.69, 9.17) is 16.3 Å². The highest BCUT2D eigenvalue weighted by Crippen LogP contribution is 2.20. The van der Waals surface area contributed by atoms with E-state index in [0.717, 1.165) is 38.5 Å². The summed E-state index contributed by atoms with van der Waals surface area (Å²) in [5, 5.41) is 0.462. The molecule has 1 fully saturated rings. The molecule has 0 unspecified atom stereocenters. The first-order chi connectivity index (χ1) is 12.1. The number of hydrogen-bond donors (Lipinski definition) is 1. The Labute approximate surface area is 165 Å². The van der Waals surface area contributed by atoms with Gasteiger partial charge in [-0.05, 0) is 31.2 Å². The number of halogens is 2. The zero-order chi connectivity index (χ0) is 17.6. The molecule has 2 aromatic rings. The van der Waals surface area contributed by atoms with Crippen LogP contribution in [-0.2, 0) is 4.74 Å². The second-order valence-corrected chi connectivity index (χ2v) is 6.59. The van der Waals surface area contributed by atoms with E-state index in [9.17, 15) is 4.79 Å². The summed E-state index contributed by atoms with van der Waals surface area (Å²) in [5.74, 6) is 0.550. The van der Waals surface area contributed by atoms with Gasteiger partial charge >= 0.3 is 0 Å². The molecule has 0 saturated carbocycles. The Bertz CT molecular complexity index is 736. The Morgan fingerprint density at radius 1 is 1.19 bits per heavy atom. The predicted molar refractivity (Wildman–Crippen MR) is 98.5 cm³/mol. The van der Waals surface area contributed by atoms with Gasteiger partial charge in [0, 0.05) is 5.69 Å². The first-order valence-corrected chi connectivity index (χ1v) is 8.94. The van der Waals surface area contributed by atoms with Crippen LogP contribution in [0.2, 0.25) is 5.02 Å². The number of morpholine rings is 1. The van der Waals surface area contributed by atoms with E-state index in [1.807, 2.05) is 37.3 Å². The third-order valence-corrected chi connectivity index (χ3v) is 4.72. The molecule has 2 heterocycles. The molecule has 140 valence electrons. The summed E-state index contributed by atoms with van der Waals surface area (Å²) in [5.41, 5.74) is 1.39. The van der Waals surface area contributed by atoms with Crippen molar-refractivity contribution in [1.29, 1.82) is 0 Å². The minimum atomic E-state index is -0.114. The zero-order valence-electron chi connectivity index (χ0n) is 14.8. The molecular weight excluding hydrogens is 373 g/mol. The van der Waals surface area contributed by atoms with Crippen LogP contribution < -0.4 is 22.2 Å². The fraction of sp³-hybridized carbons (Fsp3) is 0.368. The van der Waals surface area contributed by atoms with Gasteiger partial charge < -0.3 is 22.0 Å². The van der Waals surface area contributed by atoms with Gasteiger partial charge in [-0.3, -0.25) is 9.69 Å². The van der Waals surface area contributed by atoms with E-state index in [0.29, 0.717) is 22.9 Å². The minimum absolute atomic E-state index is 0. The van der Waals surface area contributed by atoms with Gasteiger partial charge in [-0.15, -0.1) is 0 Å². The maximum Gasteiger partial charge on any atom is 0.261 e. The molecular formula is C19H23Cl2N3O2. The number of quaternary nitrogens is 1. The fourth-order valence-corrected chi connectivity index (χ4v) is 3.18. The van der Waals surface area contributed by atoms with E-state index < -0.39 is 0 Å². The molecule has 1 aliphatic rings. The number of amides is 1. The maximum atomic E-state index is 13.1. The fourth-order valence-electron chi connectivity index (χ4n) is 2.96. The van der Waals surface area contributed by atoms with Crippen LogP contribution in [0, 0.1) is 6.92 Å². The van der Waals surface area contributed by atoms with Crippen molar-refractivity contribution < 1.29 is 26.8 Å². The van der Waals surface area contributed by atoms with Gasteiger partial charge in [0.2, 0.25) is 0 Å². The first-order valence-electron chi connectivity index (χ1n) is 8.56. The number of carbonyl (C=O) groups is 1. The van der Waals surface area contributed by atoms with E-state index in [1.54, 1.807) is 17.0 Å². The second-order valence-electron chi connectivity index (χ2n) is 6.19. The van der Waals surface area contributed by atoms with Crippen molar-refractivity contribution in [2.45, 2.75) is 6.92 Å². The lowest BCUT2D eigenvalue weighted by molar-refractivity contribution is -0.906. The number of hydrogen-bond acceptors (Lipinski definition) is 3. The molecule has 0 radical (unpaired) electrons. The van der Waals surface area contributed by atoms with Crippen LogP contribution in [0.4, 0.5) is 5.82 Å². The number of nitrogens with one attached hydrogen (secondary N) is 1. The Balaban J connectivity index is 0.00000243. The van der Waals surface area contributed by atoms with Crippen LogP contribution >= 0.6 is 11.6 Å². The van der Waals surface area contributed by atoms with Crippen LogP contribution in [0.3, 0.4) is 0 Å². The van der Waals surface area contributed by atoms with E-state index >= 15 is 0 Å². The zero-order valence-corrected chi connectivity index (χ0v) is 16.3. The van der Waals surface area contributed by atoms with Crippen LogP contribution in [0.25, 0.3) is 0 Å². The molecule has 1 saturated heterocycles. The van der Waals surface area contributed by atoms with Gasteiger partial charge in [0.15, 0.2) is 0 Å². The SMILES string of the molecule is Cc1cccc(N(CC[NH+]2CCOCC2)C(=O)c2ccccc2Cl)n1.[Cl-]. The molecule has 1 amide bonds. The monoisotopic (exact) mass is 395 g/mol. The lowest BCUT2D eigenvalue weighted by atomic mass is 10.2. The van der Waals surface area contributed by atoms with Crippen LogP contribution in [0.5, 0.6) is 0 Å². The maximum absolute atomic E-state index is 13.1. The predicted octanol–water partition coefficient (Wildman–Crippen LogP) is -1.39. The molecule has 1 N–H and O–H groups in total. The van der Waals surface area contributed by atoms with Crippen molar-refractivity contribution in [3.63, 3.8) is 0 Å². The quantitative estimate of drug-likeness (QED) is 0.677. The lowest BCUT2D eigenvalue weighted by Gasteiger charge is -2.28. The van der Waals surface area contributed by atoms with Crippen LogP contribution in [0.15, 0.2) is 42.5 Å². The highest BCUT2D eigenvalue weighted by Gasteiger charge is 2.23. The van der Waals surface area contributed by atoms with Crippen molar-refractivity contribution in [3.05, 3.63) is 58.7 Å². The summed E-state index contributed by atoms with van der Waals surface area (Å²) >= 11 is 6.24. The third kappa shape index (κ3) is 5.17. The lowest BCUT2D eigenvalue weighted by Crippen LogP contribution is -3.14. The van der Waals surface area contributed by atoms with E-state index in [-0.39, 0.29) is 18.3 Å². The molecule has 1 aliphatic heterocycles. The largest absolute Gasteiger partial charge is 1.00 e. The van der Waals surface area contributed by atoms with Crippen molar-refractivity contribution in [3.8, 4) is 0 Å². The number of carbonyl (C=O) groups excluding carboxylic acids is 1. The molecule has 0 bridgehead atoms. The van der Waals surface area contributed by atoms with Gasteiger partial charge in [0.1, 0.15) is 18.9 Å². The van der Waals surface area contributed by atoms with E-state index in [2.05, 4.69) is 4.98 Å². The smallest absolute Gasteiger partial charge is 0.261 e. The van der Waals surface area contributed by atoms with Crippen molar-refractivity contribution in [2.75, 3.05) is 44.3 Å². The normalized spacial score (nSPS) is 14.5. The summed E-state index contributed by atoms with van der Waals surface area (Å²) in [4.78, 5) is 20.8. The molecule has 0 atom stereocenters. The number of pyridine rings is 1. The van der Waals surface area contributed by atoms with Crippen LogP contribution in [0.1, 0.15) is 16.1 Å². The van der Waals surface area contributed by atoms with E-state index in [1.165, 1.54) is 4.90 Å². The molecule has 0 aliphatic carbocycles. The Hall–Kier alpha value is -1.66. The summed E-state index contributed by atoms with van der Waals surface area (Å²) in [6, 6.07) is 12.9. The van der Waals surface area contributed by atoms with Crippen LogP contribution in [-0.4, -0.2) is 50.3 Å². The van der Waals surface area contributed by atoms with Gasteiger partial charge in [0.05, 0.1) is 36.9 Å². The summed E-state index contributed by atoms with van der Waals surface area (Å²) < 4.78 is 5.41. The Kier molecular flexibility index (Phi) is 7.85. The topological polar surface area (TPSA) is 46.9 Å². The number of anilines is 1. The van der Waals surface area contributed by atoms with Gasteiger partial charge in [0.25, 0.3) is 5.91 Å². The second kappa shape index (κ2) is 9.88. The molecule has 0 spiro atoms. The van der Waals surface area contributed by atoms with Gasteiger partial charge in [-0.2, -0.15) is 0 Å². The number of benzene rings is 1. The summed E-state index contributed by atoms with van der Waals surface area (Å²) in [6.45, 7) is 6.86.